The van der Waals surface area contributed by atoms with Gasteiger partial charge in [-0.2, -0.15) is 0 Å². The van der Waals surface area contributed by atoms with Crippen LogP contribution < -0.4 is 5.73 Å². The molecule has 4 nitrogen and oxygen atoms in total. The van der Waals surface area contributed by atoms with E-state index in [4.69, 9.17) is 22.1 Å². The summed E-state index contributed by atoms with van der Waals surface area (Å²) < 4.78 is 7.61. The van der Waals surface area contributed by atoms with Crippen LogP contribution in [0.4, 0.5) is 5.95 Å². The highest BCUT2D eigenvalue weighted by Gasteiger charge is 2.21. The number of imidazole rings is 1. The van der Waals surface area contributed by atoms with Crippen molar-refractivity contribution in [2.24, 2.45) is 5.92 Å². The Bertz CT molecular complexity index is 565. The quantitative estimate of drug-likeness (QED) is 0.912. The first-order chi connectivity index (χ1) is 9.06. The first kappa shape index (κ1) is 14.2. The molecule has 0 aliphatic rings. The van der Waals surface area contributed by atoms with Gasteiger partial charge in [-0.3, -0.25) is 0 Å². The Morgan fingerprint density at radius 3 is 2.79 bits per heavy atom. The molecule has 0 bridgehead atoms. The molecule has 1 aromatic heterocycles. The lowest BCUT2D eigenvalue weighted by molar-refractivity contribution is 0.0987. The average molecular weight is 282 g/mol. The van der Waals surface area contributed by atoms with Crippen LogP contribution in [0.25, 0.3) is 11.0 Å². The van der Waals surface area contributed by atoms with E-state index in [0.717, 1.165) is 11.0 Å². The highest BCUT2D eigenvalue weighted by Crippen LogP contribution is 2.31. The van der Waals surface area contributed by atoms with Crippen LogP contribution in [0.3, 0.4) is 0 Å². The number of fused-ring (bicyclic) bond motifs is 1. The Hall–Kier alpha value is -1.26. The van der Waals surface area contributed by atoms with Gasteiger partial charge in [0.1, 0.15) is 5.52 Å². The predicted octanol–water partition coefficient (Wildman–Crippen LogP) is 3.51. The standard InChI is InChI=1S/C14H20ClN3O/c1-4-19-8-12(9(2)3)18-11-7-5-6-10(15)13(11)17-14(18)16/h5-7,9,12H,4,8H2,1-3H3,(H2,16,17). The lowest BCUT2D eigenvalue weighted by Gasteiger charge is -2.24. The molecule has 0 aliphatic heterocycles. The van der Waals surface area contributed by atoms with Gasteiger partial charge < -0.3 is 15.0 Å². The zero-order valence-electron chi connectivity index (χ0n) is 11.6. The monoisotopic (exact) mass is 281 g/mol. The number of para-hydroxylation sites is 1. The zero-order chi connectivity index (χ0) is 14.0. The van der Waals surface area contributed by atoms with Gasteiger partial charge in [0.25, 0.3) is 0 Å². The van der Waals surface area contributed by atoms with Crippen LogP contribution in [0.15, 0.2) is 18.2 Å². The van der Waals surface area contributed by atoms with Gasteiger partial charge in [0.05, 0.1) is 23.2 Å². The second kappa shape index (κ2) is 5.80. The molecular formula is C14H20ClN3O. The summed E-state index contributed by atoms with van der Waals surface area (Å²) in [6, 6.07) is 5.89. The van der Waals surface area contributed by atoms with Gasteiger partial charge in [0.2, 0.25) is 5.95 Å². The normalized spacial score (nSPS) is 13.3. The first-order valence-corrected chi connectivity index (χ1v) is 6.93. The summed E-state index contributed by atoms with van der Waals surface area (Å²) in [6.45, 7) is 7.61. The topological polar surface area (TPSA) is 53.1 Å². The SMILES string of the molecule is CCOCC(C(C)C)n1c(N)nc2c(Cl)cccc21. The number of nitrogens with two attached hydrogens (primary N) is 1. The van der Waals surface area contributed by atoms with Gasteiger partial charge >= 0.3 is 0 Å². The minimum Gasteiger partial charge on any atom is -0.380 e. The number of hydrogen-bond acceptors (Lipinski definition) is 3. The van der Waals surface area contributed by atoms with Crippen LogP contribution >= 0.6 is 11.6 Å². The van der Waals surface area contributed by atoms with Crippen LogP contribution in [0, 0.1) is 5.92 Å². The maximum atomic E-state index is 6.17. The first-order valence-electron chi connectivity index (χ1n) is 6.56. The molecule has 0 aliphatic carbocycles. The number of rotatable bonds is 5. The lowest BCUT2D eigenvalue weighted by atomic mass is 10.0. The highest BCUT2D eigenvalue weighted by molar-refractivity contribution is 6.35. The summed E-state index contributed by atoms with van der Waals surface area (Å²) in [6.07, 6.45) is 0. The van der Waals surface area contributed by atoms with E-state index in [-0.39, 0.29) is 6.04 Å². The van der Waals surface area contributed by atoms with Crippen LogP contribution in [0.5, 0.6) is 0 Å². The molecule has 5 heteroatoms. The van der Waals surface area contributed by atoms with E-state index < -0.39 is 0 Å². The van der Waals surface area contributed by atoms with E-state index in [1.807, 2.05) is 29.7 Å². The Labute approximate surface area is 118 Å². The molecule has 2 rings (SSSR count). The molecule has 2 N–H and O–H groups in total. The maximum absolute atomic E-state index is 6.17. The molecule has 1 atom stereocenters. The van der Waals surface area contributed by atoms with E-state index in [2.05, 4.69) is 18.8 Å². The fourth-order valence-corrected chi connectivity index (χ4v) is 2.46. The number of anilines is 1. The van der Waals surface area contributed by atoms with Crippen molar-refractivity contribution < 1.29 is 4.74 Å². The number of nitrogens with zero attached hydrogens (tertiary/aromatic N) is 2. The van der Waals surface area contributed by atoms with E-state index >= 15 is 0 Å². The number of ether oxygens (including phenoxy) is 1. The van der Waals surface area contributed by atoms with Crippen molar-refractivity contribution in [3.8, 4) is 0 Å². The lowest BCUT2D eigenvalue weighted by Crippen LogP contribution is -2.22. The third kappa shape index (κ3) is 2.69. The summed E-state index contributed by atoms with van der Waals surface area (Å²) in [5, 5.41) is 0.627. The van der Waals surface area contributed by atoms with Gasteiger partial charge in [-0.25, -0.2) is 4.98 Å². The summed E-state index contributed by atoms with van der Waals surface area (Å²) >= 11 is 6.17. The molecule has 1 heterocycles. The Balaban J connectivity index is 2.52. The Morgan fingerprint density at radius 2 is 2.16 bits per heavy atom. The van der Waals surface area contributed by atoms with Crippen LogP contribution in [0.1, 0.15) is 26.8 Å². The van der Waals surface area contributed by atoms with Crippen molar-refractivity contribution in [2.75, 3.05) is 18.9 Å². The summed E-state index contributed by atoms with van der Waals surface area (Å²) in [7, 11) is 0. The van der Waals surface area contributed by atoms with Crippen molar-refractivity contribution in [3.05, 3.63) is 23.2 Å². The largest absolute Gasteiger partial charge is 0.380 e. The molecule has 0 radical (unpaired) electrons. The molecule has 0 saturated heterocycles. The van der Waals surface area contributed by atoms with Crippen molar-refractivity contribution in [1.29, 1.82) is 0 Å². The third-order valence-electron chi connectivity index (χ3n) is 3.29. The smallest absolute Gasteiger partial charge is 0.201 e. The van der Waals surface area contributed by atoms with E-state index in [1.54, 1.807) is 0 Å². The zero-order valence-corrected chi connectivity index (χ0v) is 12.3. The van der Waals surface area contributed by atoms with E-state index in [1.165, 1.54) is 0 Å². The number of halogens is 1. The summed E-state index contributed by atoms with van der Waals surface area (Å²) in [4.78, 5) is 4.38. The third-order valence-corrected chi connectivity index (χ3v) is 3.60. The summed E-state index contributed by atoms with van der Waals surface area (Å²) in [5.41, 5.74) is 7.79. The molecule has 0 spiro atoms. The van der Waals surface area contributed by atoms with Crippen molar-refractivity contribution >= 4 is 28.6 Å². The number of hydrogen-bond donors (Lipinski definition) is 1. The summed E-state index contributed by atoms with van der Waals surface area (Å²) in [5.74, 6) is 0.881. The maximum Gasteiger partial charge on any atom is 0.201 e. The molecule has 0 fully saturated rings. The molecule has 2 aromatic rings. The Kier molecular flexibility index (Phi) is 4.32. The van der Waals surface area contributed by atoms with Gasteiger partial charge in [0, 0.05) is 6.61 Å². The van der Waals surface area contributed by atoms with Crippen molar-refractivity contribution in [3.63, 3.8) is 0 Å². The minimum atomic E-state index is 0.156. The van der Waals surface area contributed by atoms with Crippen LogP contribution in [-0.4, -0.2) is 22.8 Å². The van der Waals surface area contributed by atoms with Gasteiger partial charge in [-0.05, 0) is 25.0 Å². The molecule has 0 amide bonds. The van der Waals surface area contributed by atoms with Gasteiger partial charge in [-0.1, -0.05) is 31.5 Å². The fourth-order valence-electron chi connectivity index (χ4n) is 2.25. The van der Waals surface area contributed by atoms with Crippen molar-refractivity contribution in [1.82, 2.24) is 9.55 Å². The van der Waals surface area contributed by atoms with Crippen molar-refractivity contribution in [2.45, 2.75) is 26.8 Å². The molecule has 104 valence electrons. The Morgan fingerprint density at radius 1 is 1.42 bits per heavy atom. The van der Waals surface area contributed by atoms with Gasteiger partial charge in [-0.15, -0.1) is 0 Å². The van der Waals surface area contributed by atoms with E-state index in [0.29, 0.717) is 30.1 Å². The predicted molar refractivity (Wildman–Crippen MR) is 79.5 cm³/mol. The molecule has 1 unspecified atom stereocenters. The van der Waals surface area contributed by atoms with Crippen LogP contribution in [-0.2, 0) is 4.74 Å². The second-order valence-corrected chi connectivity index (χ2v) is 5.33. The average Bonchev–Trinajstić information content (AvgIpc) is 2.68. The highest BCUT2D eigenvalue weighted by atomic mass is 35.5. The van der Waals surface area contributed by atoms with Crippen LogP contribution in [0.2, 0.25) is 5.02 Å². The molecule has 0 saturated carbocycles. The fraction of sp³-hybridized carbons (Fsp3) is 0.500. The minimum absolute atomic E-state index is 0.156. The van der Waals surface area contributed by atoms with E-state index in [9.17, 15) is 0 Å². The van der Waals surface area contributed by atoms with Gasteiger partial charge in [0.15, 0.2) is 0 Å². The number of nitrogen functional groups attached to an aromatic ring is 1. The molecular weight excluding hydrogens is 262 g/mol. The molecule has 19 heavy (non-hydrogen) atoms. The molecule has 1 aromatic carbocycles. The number of benzene rings is 1. The number of aromatic nitrogens is 2. The second-order valence-electron chi connectivity index (χ2n) is 4.92.